The highest BCUT2D eigenvalue weighted by molar-refractivity contribution is 5.95. The Labute approximate surface area is 231 Å². The molecule has 1 aliphatic heterocycles. The maximum absolute atomic E-state index is 13.6. The molecule has 40 heavy (non-hydrogen) atoms. The maximum atomic E-state index is 13.6. The number of hydrogen-bond donors (Lipinski definition) is 8. The first-order chi connectivity index (χ1) is 19.2. The molecule has 2 aromatic rings. The third-order valence-corrected chi connectivity index (χ3v) is 6.95. The molecule has 0 bridgehead atoms. The Morgan fingerprint density at radius 3 is 2.35 bits per heavy atom. The smallest absolute Gasteiger partial charge is 0.326 e. The van der Waals surface area contributed by atoms with E-state index in [0.717, 1.165) is 22.9 Å². The SMILES string of the molecule is NCCCCC(NC(=O)C(Cc1c[nH]c2ccccc12)NC(=O)C1CCCN1)C(=O)NC(CCC(=O)O)C(=O)O. The summed E-state index contributed by atoms with van der Waals surface area (Å²) in [5, 5.41) is 30.3. The second-order valence-corrected chi connectivity index (χ2v) is 9.95. The molecule has 218 valence electrons. The number of fused-ring (bicyclic) bond motifs is 1. The molecule has 4 unspecified atom stereocenters. The number of aliphatic carboxylic acids is 2. The standard InChI is InChI=1S/C27H38N6O7/c28-12-4-3-8-20(25(37)32-21(27(39)40)10-11-23(34)35)31-26(38)22(33-24(36)19-9-5-13-29-19)14-16-15-30-18-7-2-1-6-17(16)18/h1-2,6-7,15,19-22,29-30H,3-5,8-14,28H2,(H,31,38)(H,32,37)(H,33,36)(H,34,35)(H,39,40). The van der Waals surface area contributed by atoms with E-state index in [9.17, 15) is 29.1 Å². The van der Waals surface area contributed by atoms with E-state index in [0.29, 0.717) is 32.4 Å². The summed E-state index contributed by atoms with van der Waals surface area (Å²) in [5.41, 5.74) is 7.27. The maximum Gasteiger partial charge on any atom is 0.326 e. The Kier molecular flexibility index (Phi) is 11.5. The number of nitrogens with one attached hydrogen (secondary N) is 5. The summed E-state index contributed by atoms with van der Waals surface area (Å²) < 4.78 is 0. The van der Waals surface area contributed by atoms with Gasteiger partial charge in [0.2, 0.25) is 17.7 Å². The van der Waals surface area contributed by atoms with E-state index in [-0.39, 0.29) is 25.2 Å². The highest BCUT2D eigenvalue weighted by Crippen LogP contribution is 2.20. The van der Waals surface area contributed by atoms with E-state index in [4.69, 9.17) is 10.8 Å². The fraction of sp³-hybridized carbons (Fsp3) is 0.519. The first-order valence-electron chi connectivity index (χ1n) is 13.5. The van der Waals surface area contributed by atoms with Crippen molar-refractivity contribution in [3.8, 4) is 0 Å². The molecule has 3 amide bonds. The lowest BCUT2D eigenvalue weighted by Gasteiger charge is -2.25. The largest absolute Gasteiger partial charge is 0.481 e. The summed E-state index contributed by atoms with van der Waals surface area (Å²) in [4.78, 5) is 65.4. The number of H-pyrrole nitrogens is 1. The van der Waals surface area contributed by atoms with E-state index < -0.39 is 54.3 Å². The van der Waals surface area contributed by atoms with Crippen LogP contribution in [-0.4, -0.2) is 82.1 Å². The summed E-state index contributed by atoms with van der Waals surface area (Å²) >= 11 is 0. The third-order valence-electron chi connectivity index (χ3n) is 6.95. The van der Waals surface area contributed by atoms with Gasteiger partial charge in [-0.1, -0.05) is 18.2 Å². The highest BCUT2D eigenvalue weighted by atomic mass is 16.4. The van der Waals surface area contributed by atoms with Crippen LogP contribution < -0.4 is 27.0 Å². The van der Waals surface area contributed by atoms with Crippen molar-refractivity contribution < 1.29 is 34.2 Å². The predicted molar refractivity (Wildman–Crippen MR) is 146 cm³/mol. The average molecular weight is 559 g/mol. The molecule has 2 heterocycles. The van der Waals surface area contributed by atoms with Gasteiger partial charge in [-0.3, -0.25) is 19.2 Å². The van der Waals surface area contributed by atoms with Gasteiger partial charge in [-0.2, -0.15) is 0 Å². The first kappa shape index (κ1) is 30.6. The molecule has 1 aliphatic rings. The molecule has 1 saturated heterocycles. The van der Waals surface area contributed by atoms with Gasteiger partial charge in [0.15, 0.2) is 0 Å². The number of nitrogens with two attached hydrogens (primary N) is 1. The molecule has 1 fully saturated rings. The lowest BCUT2D eigenvalue weighted by Crippen LogP contribution is -2.57. The van der Waals surface area contributed by atoms with E-state index >= 15 is 0 Å². The van der Waals surface area contributed by atoms with Crippen LogP contribution in [0.4, 0.5) is 0 Å². The molecule has 9 N–H and O–H groups in total. The number of benzene rings is 1. The first-order valence-corrected chi connectivity index (χ1v) is 13.5. The summed E-state index contributed by atoms with van der Waals surface area (Å²) in [6, 6.07) is 3.57. The highest BCUT2D eigenvalue weighted by Gasteiger charge is 2.32. The van der Waals surface area contributed by atoms with Crippen LogP contribution in [0.5, 0.6) is 0 Å². The van der Waals surface area contributed by atoms with Gasteiger partial charge in [0.1, 0.15) is 18.1 Å². The van der Waals surface area contributed by atoms with Crippen LogP contribution in [0, 0.1) is 0 Å². The van der Waals surface area contributed by atoms with Crippen molar-refractivity contribution in [3.05, 3.63) is 36.0 Å². The van der Waals surface area contributed by atoms with Crippen molar-refractivity contribution in [2.24, 2.45) is 5.73 Å². The van der Waals surface area contributed by atoms with Crippen LogP contribution in [0.25, 0.3) is 10.9 Å². The number of amides is 3. The van der Waals surface area contributed by atoms with Crippen molar-refractivity contribution >= 4 is 40.6 Å². The van der Waals surface area contributed by atoms with Gasteiger partial charge in [0, 0.05) is 29.9 Å². The van der Waals surface area contributed by atoms with Crippen molar-refractivity contribution in [3.63, 3.8) is 0 Å². The molecule has 0 aliphatic carbocycles. The number of aromatic amines is 1. The fourth-order valence-electron chi connectivity index (χ4n) is 4.74. The van der Waals surface area contributed by atoms with Gasteiger partial charge in [0.05, 0.1) is 6.04 Å². The minimum Gasteiger partial charge on any atom is -0.481 e. The Hall–Kier alpha value is -3.97. The van der Waals surface area contributed by atoms with Crippen LogP contribution in [0.1, 0.15) is 50.5 Å². The number of carboxylic acids is 2. The zero-order chi connectivity index (χ0) is 29.1. The van der Waals surface area contributed by atoms with Crippen molar-refractivity contribution in [1.29, 1.82) is 0 Å². The van der Waals surface area contributed by atoms with E-state index in [1.54, 1.807) is 6.20 Å². The van der Waals surface area contributed by atoms with Crippen LogP contribution in [-0.2, 0) is 30.4 Å². The molecular formula is C27H38N6O7. The summed E-state index contributed by atoms with van der Waals surface area (Å²) in [6.07, 6.45) is 3.88. The lowest BCUT2D eigenvalue weighted by molar-refractivity contribution is -0.143. The van der Waals surface area contributed by atoms with Crippen molar-refractivity contribution in [2.45, 2.75) is 75.5 Å². The normalized spacial score (nSPS) is 17.1. The Balaban J connectivity index is 1.79. The van der Waals surface area contributed by atoms with Crippen molar-refractivity contribution in [1.82, 2.24) is 26.3 Å². The van der Waals surface area contributed by atoms with E-state index in [1.165, 1.54) is 0 Å². The summed E-state index contributed by atoms with van der Waals surface area (Å²) in [5.74, 6) is -4.24. The van der Waals surface area contributed by atoms with Gasteiger partial charge >= 0.3 is 11.9 Å². The molecule has 4 atom stereocenters. The van der Waals surface area contributed by atoms with Gasteiger partial charge in [-0.15, -0.1) is 0 Å². The molecule has 13 heteroatoms. The molecule has 0 spiro atoms. The zero-order valence-electron chi connectivity index (χ0n) is 22.3. The van der Waals surface area contributed by atoms with Gasteiger partial charge in [-0.25, -0.2) is 4.79 Å². The topological polar surface area (TPSA) is 216 Å². The van der Waals surface area contributed by atoms with E-state index in [2.05, 4.69) is 26.3 Å². The average Bonchev–Trinajstić information content (AvgIpc) is 3.60. The minimum absolute atomic E-state index is 0.155. The number of para-hydroxylation sites is 1. The van der Waals surface area contributed by atoms with Gasteiger partial charge in [-0.05, 0) is 63.2 Å². The summed E-state index contributed by atoms with van der Waals surface area (Å²) in [7, 11) is 0. The second-order valence-electron chi connectivity index (χ2n) is 9.95. The van der Waals surface area contributed by atoms with Crippen molar-refractivity contribution in [2.75, 3.05) is 13.1 Å². The van der Waals surface area contributed by atoms with Crippen LogP contribution >= 0.6 is 0 Å². The van der Waals surface area contributed by atoms with E-state index in [1.807, 2.05) is 24.3 Å². The van der Waals surface area contributed by atoms with Crippen LogP contribution in [0.2, 0.25) is 0 Å². The Bertz CT molecular complexity index is 1190. The number of rotatable bonds is 16. The number of carboxylic acid groups (broad SMARTS) is 2. The predicted octanol–water partition coefficient (Wildman–Crippen LogP) is -0.00480. The molecule has 1 aromatic carbocycles. The Morgan fingerprint density at radius 1 is 0.950 bits per heavy atom. The van der Waals surface area contributed by atoms with Crippen LogP contribution in [0.15, 0.2) is 30.5 Å². The molecule has 3 rings (SSSR count). The fourth-order valence-corrected chi connectivity index (χ4v) is 4.74. The zero-order valence-corrected chi connectivity index (χ0v) is 22.3. The molecule has 13 nitrogen and oxygen atoms in total. The summed E-state index contributed by atoms with van der Waals surface area (Å²) in [6.45, 7) is 1.07. The quantitative estimate of drug-likeness (QED) is 0.130. The number of unbranched alkanes of at least 4 members (excludes halogenated alkanes) is 1. The number of aromatic nitrogens is 1. The lowest BCUT2D eigenvalue weighted by atomic mass is 10.0. The number of carbonyl (C=O) groups is 5. The monoisotopic (exact) mass is 558 g/mol. The molecular weight excluding hydrogens is 520 g/mol. The molecule has 0 saturated carbocycles. The minimum atomic E-state index is -1.44. The number of carbonyl (C=O) groups excluding carboxylic acids is 3. The second kappa shape index (κ2) is 15.0. The molecule has 1 aromatic heterocycles. The number of hydrogen-bond acceptors (Lipinski definition) is 7. The van der Waals surface area contributed by atoms with Gasteiger partial charge < -0.3 is 42.2 Å². The third kappa shape index (κ3) is 8.78. The molecule has 0 radical (unpaired) electrons. The van der Waals surface area contributed by atoms with Gasteiger partial charge in [0.25, 0.3) is 0 Å². The van der Waals surface area contributed by atoms with Crippen LogP contribution in [0.3, 0.4) is 0 Å². The Morgan fingerprint density at radius 2 is 1.68 bits per heavy atom.